The first kappa shape index (κ1) is 26.3. The van der Waals surface area contributed by atoms with E-state index < -0.39 is 5.41 Å². The van der Waals surface area contributed by atoms with Crippen LogP contribution in [-0.4, -0.2) is 39.7 Å². The van der Waals surface area contributed by atoms with E-state index in [1.807, 2.05) is 25.1 Å². The molecule has 4 heterocycles. The third kappa shape index (κ3) is 5.19. The minimum absolute atomic E-state index is 0.00587. The number of nitriles is 1. The number of carbonyl (C=O) groups is 1. The van der Waals surface area contributed by atoms with Gasteiger partial charge < -0.3 is 0 Å². The van der Waals surface area contributed by atoms with Crippen molar-refractivity contribution < 1.29 is 30.7 Å². The number of halogens is 2. The van der Waals surface area contributed by atoms with Crippen molar-refractivity contribution in [1.29, 1.82) is 5.26 Å². The van der Waals surface area contributed by atoms with Crippen LogP contribution in [0.4, 0.5) is 5.69 Å². The molecule has 0 bridgehead atoms. The number of aromatic nitrogens is 1. The van der Waals surface area contributed by atoms with Crippen molar-refractivity contribution in [2.24, 2.45) is 0 Å². The molecule has 3 aromatic rings. The Labute approximate surface area is 248 Å². The van der Waals surface area contributed by atoms with Gasteiger partial charge in [0.15, 0.2) is 0 Å². The number of nitrogens with zero attached hydrogens (tertiary/aromatic N) is 3. The summed E-state index contributed by atoms with van der Waals surface area (Å²) in [5, 5.41) is 14.9. The zero-order valence-corrected chi connectivity index (χ0v) is 26.0. The van der Waals surface area contributed by atoms with Gasteiger partial charge in [0.25, 0.3) is 0 Å². The normalized spacial score (nSPS) is 19.6. The number of alkyl halides is 1. The monoisotopic (exact) mass is 741 g/mol. The van der Waals surface area contributed by atoms with Gasteiger partial charge in [0.1, 0.15) is 0 Å². The average molecular weight is 741 g/mol. The van der Waals surface area contributed by atoms with Crippen LogP contribution in [0.3, 0.4) is 0 Å². The van der Waals surface area contributed by atoms with Crippen LogP contribution in [0.1, 0.15) is 34.0 Å². The Hall–Kier alpha value is -2.88. The predicted molar refractivity (Wildman–Crippen MR) is 160 cm³/mol. The fourth-order valence-corrected chi connectivity index (χ4v) is 9.21. The Bertz CT molecular complexity index is 1720. The van der Waals surface area contributed by atoms with E-state index in [0.717, 1.165) is 37.5 Å². The number of hydrogen-bond donors (Lipinski definition) is 1. The third-order valence-electron chi connectivity index (χ3n) is 7.18. The number of anilines is 1. The fourth-order valence-electron chi connectivity index (χ4n) is 5.00. The number of rotatable bonds is 4. The first-order valence-corrected chi connectivity index (χ1v) is 17.9. The van der Waals surface area contributed by atoms with Crippen molar-refractivity contribution in [3.8, 4) is 17.3 Å². The van der Waals surface area contributed by atoms with Gasteiger partial charge in [-0.1, -0.05) is 0 Å². The number of hydrogen-bond acceptors (Lipinski definition) is 5. The molecule has 0 fully saturated rings. The van der Waals surface area contributed by atoms with Crippen LogP contribution in [0.5, 0.6) is 0 Å². The summed E-state index contributed by atoms with van der Waals surface area (Å²) >= 11 is -0.294. The van der Waals surface area contributed by atoms with Crippen LogP contribution in [0.15, 0.2) is 58.2 Å². The van der Waals surface area contributed by atoms with Crippen LogP contribution >= 0.6 is 20.7 Å². The van der Waals surface area contributed by atoms with Gasteiger partial charge in [-0.25, -0.2) is 0 Å². The SMILES string of the molecule is CN1CI=Cc2c(-c3ccc4c(n3)=CC(CNC(=O)c3ccc5c(c3)[C@](C)(C#N)COC5)=C[I-]C=4)cccc21. The number of carbonyl (C=O) groups excluding carboxylic acids is 1. The molecular weight excluding hydrogens is 714 g/mol. The van der Waals surface area contributed by atoms with Gasteiger partial charge in [0.05, 0.1) is 0 Å². The number of pyridine rings is 1. The molecule has 198 valence electrons. The molecule has 0 radical (unpaired) electrons. The Morgan fingerprint density at radius 2 is 2.15 bits per heavy atom. The molecule has 2 aromatic carbocycles. The van der Waals surface area contributed by atoms with E-state index >= 15 is 0 Å². The topological polar surface area (TPSA) is 78.3 Å². The van der Waals surface area contributed by atoms with Gasteiger partial charge in [0, 0.05) is 0 Å². The minimum atomic E-state index is -0.748. The summed E-state index contributed by atoms with van der Waals surface area (Å²) in [7, 11) is 2.16. The second-order valence-corrected chi connectivity index (χ2v) is 14.2. The van der Waals surface area contributed by atoms with Gasteiger partial charge in [0.2, 0.25) is 0 Å². The summed E-state index contributed by atoms with van der Waals surface area (Å²) in [6.45, 7) is 3.09. The average Bonchev–Trinajstić information content (AvgIpc) is 3.17. The summed E-state index contributed by atoms with van der Waals surface area (Å²) in [5.74, 6) is -0.147. The molecule has 3 aliphatic heterocycles. The quantitative estimate of drug-likeness (QED) is 0.240. The summed E-state index contributed by atoms with van der Waals surface area (Å²) in [6, 6.07) is 18.7. The number of nitrogens with one attached hydrogen (secondary N) is 1. The van der Waals surface area contributed by atoms with Gasteiger partial charge >= 0.3 is 250 Å². The van der Waals surface area contributed by atoms with E-state index in [-0.39, 0.29) is 47.8 Å². The number of benzene rings is 2. The molecule has 8 heteroatoms. The van der Waals surface area contributed by atoms with E-state index in [4.69, 9.17) is 9.72 Å². The number of ether oxygens (including phenoxy) is 1. The van der Waals surface area contributed by atoms with Crippen molar-refractivity contribution in [2.45, 2.75) is 18.9 Å². The van der Waals surface area contributed by atoms with Gasteiger partial charge in [-0.3, -0.25) is 0 Å². The summed E-state index contributed by atoms with van der Waals surface area (Å²) < 4.78 is 13.7. The van der Waals surface area contributed by atoms with Crippen molar-refractivity contribution >= 4 is 46.5 Å². The maximum absolute atomic E-state index is 13.1. The molecule has 0 aliphatic carbocycles. The fraction of sp³-hybridized carbons (Fsp3) is 0.226. The van der Waals surface area contributed by atoms with Crippen LogP contribution in [0.2, 0.25) is 0 Å². The second kappa shape index (κ2) is 10.9. The molecule has 39 heavy (non-hydrogen) atoms. The van der Waals surface area contributed by atoms with Crippen LogP contribution in [0, 0.1) is 11.3 Å². The molecule has 0 spiro atoms. The molecule has 1 amide bonds. The standard InChI is InChI=1S/C31H27I2N4O2/c1-31(17-34)18-39-16-23-7-6-21(11-26(23)31)30(38)35-15-20-10-28-22(13-32-12-20)8-9-27(36-28)24-4-3-5-29-25(24)14-33-19-37(29)2/h3-14H,15-16,18-19H2,1-2H3,(H,35,38)/q-1/t31-/m1/s1. The molecule has 6 rings (SSSR count). The van der Waals surface area contributed by atoms with Crippen LogP contribution in [0.25, 0.3) is 21.4 Å². The molecule has 1 atom stereocenters. The molecular formula is C31H27I2N4O2-. The van der Waals surface area contributed by atoms with E-state index in [1.165, 1.54) is 16.8 Å². The Morgan fingerprint density at radius 3 is 3.03 bits per heavy atom. The van der Waals surface area contributed by atoms with Crippen molar-refractivity contribution in [3.05, 3.63) is 91.0 Å². The molecule has 3 aliphatic rings. The Kier molecular flexibility index (Phi) is 7.39. The van der Waals surface area contributed by atoms with Gasteiger partial charge in [-0.15, -0.1) is 0 Å². The summed E-state index contributed by atoms with van der Waals surface area (Å²) in [6.07, 6.45) is 2.11. The van der Waals surface area contributed by atoms with Crippen LogP contribution in [-0.2, 0) is 16.8 Å². The molecule has 0 saturated heterocycles. The maximum atomic E-state index is 13.1. The first-order chi connectivity index (χ1) is 18.9. The third-order valence-corrected chi connectivity index (χ3v) is 11.9. The van der Waals surface area contributed by atoms with Gasteiger partial charge in [-0.2, -0.15) is 0 Å². The Balaban J connectivity index is 1.25. The zero-order valence-electron chi connectivity index (χ0n) is 21.7. The predicted octanol–water partition coefficient (Wildman–Crippen LogP) is 0.523. The number of fused-ring (bicyclic) bond motifs is 3. The molecule has 6 nitrogen and oxygen atoms in total. The molecule has 1 N–H and O–H groups in total. The van der Waals surface area contributed by atoms with Crippen molar-refractivity contribution in [3.63, 3.8) is 0 Å². The summed E-state index contributed by atoms with van der Waals surface area (Å²) in [4.78, 5) is 20.6. The van der Waals surface area contributed by atoms with E-state index in [0.29, 0.717) is 25.3 Å². The molecule has 1 aromatic heterocycles. The Morgan fingerprint density at radius 1 is 1.26 bits per heavy atom. The van der Waals surface area contributed by atoms with E-state index in [1.54, 1.807) is 0 Å². The molecule has 0 unspecified atom stereocenters. The van der Waals surface area contributed by atoms with Crippen LogP contribution < -0.4 is 42.0 Å². The zero-order chi connectivity index (χ0) is 27.0. The van der Waals surface area contributed by atoms with E-state index in [9.17, 15) is 10.1 Å². The van der Waals surface area contributed by atoms with Crippen molar-refractivity contribution in [1.82, 2.24) is 10.3 Å². The summed E-state index contributed by atoms with van der Waals surface area (Å²) in [5.41, 5.74) is 7.44. The van der Waals surface area contributed by atoms with E-state index in [2.05, 4.69) is 71.9 Å². The molecule has 0 saturated carbocycles. The van der Waals surface area contributed by atoms with Gasteiger partial charge in [-0.05, 0) is 0 Å². The second-order valence-electron chi connectivity index (χ2n) is 10.0. The number of amides is 1. The first-order valence-electron chi connectivity index (χ1n) is 12.6. The van der Waals surface area contributed by atoms with Crippen molar-refractivity contribution in [2.75, 3.05) is 29.7 Å².